The summed E-state index contributed by atoms with van der Waals surface area (Å²) < 4.78 is 3.97. The van der Waals surface area contributed by atoms with E-state index in [-0.39, 0.29) is 6.04 Å². The molecule has 0 radical (unpaired) electrons. The molecule has 1 fully saturated rings. The maximum Gasteiger partial charge on any atom is 0.237 e. The largest absolute Gasteiger partial charge is 0.341 e. The van der Waals surface area contributed by atoms with Crippen molar-refractivity contribution < 1.29 is 0 Å². The molecule has 0 spiro atoms. The number of nitrogens with zero attached hydrogens (tertiary/aromatic N) is 8. The van der Waals surface area contributed by atoms with Gasteiger partial charge in [0, 0.05) is 18.4 Å². The van der Waals surface area contributed by atoms with Crippen molar-refractivity contribution in [2.24, 2.45) is 0 Å². The minimum absolute atomic E-state index is 0.194. The van der Waals surface area contributed by atoms with E-state index in [1.54, 1.807) is 12.5 Å². The summed E-state index contributed by atoms with van der Waals surface area (Å²) in [5.41, 5.74) is 0.961. The predicted octanol–water partition coefficient (Wildman–Crippen LogP) is 2.77. The highest BCUT2D eigenvalue weighted by Crippen LogP contribution is 2.42. The highest BCUT2D eigenvalue weighted by molar-refractivity contribution is 5.62. The number of hydrogen-bond acceptors (Lipinski definition) is 6. The lowest BCUT2D eigenvalue weighted by molar-refractivity contribution is 0.468. The van der Waals surface area contributed by atoms with Crippen molar-refractivity contribution in [3.05, 3.63) is 36.6 Å². The summed E-state index contributed by atoms with van der Waals surface area (Å²) in [6.07, 6.45) is 13.3. The average Bonchev–Trinajstić information content (AvgIpc) is 3.41. The van der Waals surface area contributed by atoms with Crippen LogP contribution in [0.5, 0.6) is 0 Å². The van der Waals surface area contributed by atoms with Crippen molar-refractivity contribution in [3.63, 3.8) is 0 Å². The van der Waals surface area contributed by atoms with Crippen LogP contribution in [0.4, 0.5) is 5.82 Å². The molecule has 2 aliphatic rings. The van der Waals surface area contributed by atoms with E-state index in [1.807, 2.05) is 28.5 Å². The first-order valence-corrected chi connectivity index (χ1v) is 9.34. The van der Waals surface area contributed by atoms with E-state index in [4.69, 9.17) is 4.98 Å². The third-order valence-electron chi connectivity index (χ3n) is 5.60. The van der Waals surface area contributed by atoms with Gasteiger partial charge in [-0.15, -0.1) is 10.2 Å². The summed E-state index contributed by atoms with van der Waals surface area (Å²) in [4.78, 5) is 16.4. The molecule has 3 aromatic heterocycles. The minimum Gasteiger partial charge on any atom is -0.341 e. The van der Waals surface area contributed by atoms with Gasteiger partial charge in [0.15, 0.2) is 11.6 Å². The molecule has 1 saturated carbocycles. The Kier molecular flexibility index (Phi) is 3.51. The lowest BCUT2D eigenvalue weighted by atomic mass is 10.0. The SMILES string of the molecule is CC[C@@H]1c2nncn2-c2cnc(-n3ccnc3C)nc2N1C1CCCC1. The lowest BCUT2D eigenvalue weighted by Gasteiger charge is -2.40. The molecule has 134 valence electrons. The third-order valence-corrected chi connectivity index (χ3v) is 5.60. The minimum atomic E-state index is 0.194. The van der Waals surface area contributed by atoms with Crippen LogP contribution in [0.25, 0.3) is 11.6 Å². The molecule has 5 rings (SSSR count). The predicted molar refractivity (Wildman–Crippen MR) is 96.6 cm³/mol. The van der Waals surface area contributed by atoms with Gasteiger partial charge in [-0.2, -0.15) is 4.98 Å². The van der Waals surface area contributed by atoms with Gasteiger partial charge in [-0.3, -0.25) is 9.13 Å². The Morgan fingerprint density at radius 3 is 2.73 bits per heavy atom. The number of anilines is 1. The van der Waals surface area contributed by atoms with Gasteiger partial charge < -0.3 is 4.90 Å². The van der Waals surface area contributed by atoms with E-state index < -0.39 is 0 Å². The third kappa shape index (κ3) is 2.17. The van der Waals surface area contributed by atoms with Gasteiger partial charge in [0.05, 0.1) is 12.2 Å². The molecule has 1 aliphatic heterocycles. The van der Waals surface area contributed by atoms with E-state index in [9.17, 15) is 0 Å². The number of aromatic nitrogens is 7. The maximum atomic E-state index is 4.98. The molecule has 0 saturated heterocycles. The smallest absolute Gasteiger partial charge is 0.237 e. The first-order valence-electron chi connectivity index (χ1n) is 9.34. The van der Waals surface area contributed by atoms with E-state index in [0.29, 0.717) is 12.0 Å². The average molecular weight is 350 g/mol. The summed E-state index contributed by atoms with van der Waals surface area (Å²) in [6, 6.07) is 0.690. The molecule has 3 aromatic rings. The summed E-state index contributed by atoms with van der Waals surface area (Å²) in [5.74, 6) is 3.51. The zero-order valence-electron chi connectivity index (χ0n) is 15.1. The number of aryl methyl sites for hydroxylation is 1. The summed E-state index contributed by atoms with van der Waals surface area (Å²) in [5, 5.41) is 8.58. The fourth-order valence-corrected chi connectivity index (χ4v) is 4.34. The number of rotatable bonds is 3. The summed E-state index contributed by atoms with van der Waals surface area (Å²) >= 11 is 0. The zero-order chi connectivity index (χ0) is 17.7. The molecule has 0 amide bonds. The number of fused-ring (bicyclic) bond motifs is 3. The van der Waals surface area contributed by atoms with Crippen LogP contribution >= 0.6 is 0 Å². The lowest BCUT2D eigenvalue weighted by Crippen LogP contribution is -2.42. The fourth-order valence-electron chi connectivity index (χ4n) is 4.34. The molecule has 8 heteroatoms. The van der Waals surface area contributed by atoms with E-state index in [2.05, 4.69) is 32.0 Å². The molecule has 0 unspecified atom stereocenters. The van der Waals surface area contributed by atoms with Crippen molar-refractivity contribution in [2.45, 2.75) is 58.0 Å². The molecule has 8 nitrogen and oxygen atoms in total. The highest BCUT2D eigenvalue weighted by Gasteiger charge is 2.38. The molecule has 0 N–H and O–H groups in total. The van der Waals surface area contributed by atoms with E-state index in [1.165, 1.54) is 25.7 Å². The van der Waals surface area contributed by atoms with Gasteiger partial charge in [0.2, 0.25) is 5.95 Å². The van der Waals surface area contributed by atoms with Crippen LogP contribution in [0.1, 0.15) is 56.7 Å². The molecular formula is C18H22N8. The Bertz CT molecular complexity index is 936. The number of hydrogen-bond donors (Lipinski definition) is 0. The second-order valence-corrected chi connectivity index (χ2v) is 7.05. The van der Waals surface area contributed by atoms with Crippen LogP contribution in [0.15, 0.2) is 24.9 Å². The second-order valence-electron chi connectivity index (χ2n) is 7.05. The molecule has 0 aromatic carbocycles. The first kappa shape index (κ1) is 15.5. The van der Waals surface area contributed by atoms with Crippen molar-refractivity contribution in [1.82, 2.24) is 34.3 Å². The molecule has 4 heterocycles. The molecule has 1 atom stereocenters. The molecule has 26 heavy (non-hydrogen) atoms. The molecule has 1 aliphatic carbocycles. The quantitative estimate of drug-likeness (QED) is 0.723. The Labute approximate surface area is 151 Å². The van der Waals surface area contributed by atoms with Crippen LogP contribution in [0.3, 0.4) is 0 Å². The van der Waals surface area contributed by atoms with Crippen molar-refractivity contribution in [1.29, 1.82) is 0 Å². The Hall–Kier alpha value is -2.77. The summed E-state index contributed by atoms with van der Waals surface area (Å²) in [6.45, 7) is 4.17. The monoisotopic (exact) mass is 350 g/mol. The van der Waals surface area contributed by atoms with Gasteiger partial charge in [0.1, 0.15) is 17.8 Å². The fraction of sp³-hybridized carbons (Fsp3) is 0.500. The second kappa shape index (κ2) is 5.89. The van der Waals surface area contributed by atoms with Crippen LogP contribution in [0, 0.1) is 6.92 Å². The van der Waals surface area contributed by atoms with Gasteiger partial charge in [-0.25, -0.2) is 9.97 Å². The van der Waals surface area contributed by atoms with Gasteiger partial charge >= 0.3 is 0 Å². The number of imidazole rings is 1. The van der Waals surface area contributed by atoms with E-state index in [0.717, 1.165) is 29.6 Å². The van der Waals surface area contributed by atoms with Crippen LogP contribution in [-0.2, 0) is 0 Å². The Morgan fingerprint density at radius 1 is 1.15 bits per heavy atom. The van der Waals surface area contributed by atoms with Crippen molar-refractivity contribution in [3.8, 4) is 11.6 Å². The Balaban J connectivity index is 1.71. The van der Waals surface area contributed by atoms with Crippen LogP contribution < -0.4 is 4.90 Å². The van der Waals surface area contributed by atoms with Crippen molar-refractivity contribution in [2.75, 3.05) is 4.90 Å². The van der Waals surface area contributed by atoms with Crippen LogP contribution in [-0.4, -0.2) is 40.3 Å². The van der Waals surface area contributed by atoms with Crippen LogP contribution in [0.2, 0.25) is 0 Å². The Morgan fingerprint density at radius 2 is 2.00 bits per heavy atom. The van der Waals surface area contributed by atoms with Gasteiger partial charge in [-0.05, 0) is 26.2 Å². The standard InChI is InChI=1S/C18H22N8/c1-3-14-17-23-21-11-25(17)15-10-20-18(24-9-8-19-12(24)2)22-16(15)26(14)13-6-4-5-7-13/h8-11,13-14H,3-7H2,1-2H3/t14-/m1/s1. The zero-order valence-corrected chi connectivity index (χ0v) is 15.1. The summed E-state index contributed by atoms with van der Waals surface area (Å²) in [7, 11) is 0. The topological polar surface area (TPSA) is 77.5 Å². The van der Waals surface area contributed by atoms with Crippen molar-refractivity contribution >= 4 is 5.82 Å². The first-order chi connectivity index (χ1) is 12.8. The normalized spacial score (nSPS) is 19.6. The van der Waals surface area contributed by atoms with Gasteiger partial charge in [0.25, 0.3) is 0 Å². The van der Waals surface area contributed by atoms with E-state index >= 15 is 0 Å². The molecule has 0 bridgehead atoms. The highest BCUT2D eigenvalue weighted by atomic mass is 15.4. The maximum absolute atomic E-state index is 4.98. The molecular weight excluding hydrogens is 328 g/mol. The van der Waals surface area contributed by atoms with Gasteiger partial charge in [-0.1, -0.05) is 19.8 Å².